The Hall–Kier alpha value is -2.86. The standard InChI is InChI=1S/C19H17ClN4O2/c1-3-23-15-9-13-14(10-16(15)24(4-2)19(26)18(23)25)22-17(21-13)11-5-7-12(20)8-6-11/h5-10H,3-4H2,1-2H3,(H,21,22). The minimum absolute atomic E-state index is 0.426. The van der Waals surface area contributed by atoms with Crippen molar-refractivity contribution in [3.05, 3.63) is 62.1 Å². The predicted molar refractivity (Wildman–Crippen MR) is 104 cm³/mol. The largest absolute Gasteiger partial charge is 0.338 e. The van der Waals surface area contributed by atoms with Gasteiger partial charge in [-0.15, -0.1) is 0 Å². The van der Waals surface area contributed by atoms with Gasteiger partial charge in [-0.05, 0) is 50.2 Å². The van der Waals surface area contributed by atoms with Crippen LogP contribution in [0, 0.1) is 0 Å². The third kappa shape index (κ3) is 2.45. The number of aryl methyl sites for hydroxylation is 2. The average Bonchev–Trinajstić information content (AvgIpc) is 3.05. The molecule has 4 rings (SSSR count). The van der Waals surface area contributed by atoms with E-state index in [1.54, 1.807) is 0 Å². The summed E-state index contributed by atoms with van der Waals surface area (Å²) in [7, 11) is 0. The molecule has 0 aliphatic rings. The van der Waals surface area contributed by atoms with Gasteiger partial charge in [0, 0.05) is 23.7 Å². The van der Waals surface area contributed by atoms with E-state index in [-0.39, 0.29) is 0 Å². The van der Waals surface area contributed by atoms with Crippen LogP contribution in [0.25, 0.3) is 33.5 Å². The third-order valence-electron chi connectivity index (χ3n) is 4.58. The van der Waals surface area contributed by atoms with Crippen molar-refractivity contribution < 1.29 is 0 Å². The van der Waals surface area contributed by atoms with Gasteiger partial charge in [-0.1, -0.05) is 11.6 Å². The SMILES string of the molecule is CCn1c(=O)c(=O)n(CC)c2cc3[nH]c(-c4ccc(Cl)cc4)nc3cc21. The molecule has 0 aliphatic heterocycles. The maximum atomic E-state index is 12.4. The van der Waals surface area contributed by atoms with Gasteiger partial charge in [0.2, 0.25) is 0 Å². The number of halogens is 1. The second-order valence-electron chi connectivity index (χ2n) is 6.05. The zero-order chi connectivity index (χ0) is 18.4. The lowest BCUT2D eigenvalue weighted by Crippen LogP contribution is -2.41. The first-order valence-electron chi connectivity index (χ1n) is 8.46. The van der Waals surface area contributed by atoms with Crippen LogP contribution in [0.1, 0.15) is 13.8 Å². The molecule has 2 aromatic heterocycles. The van der Waals surface area contributed by atoms with Crippen LogP contribution in [-0.2, 0) is 13.1 Å². The molecule has 132 valence electrons. The maximum absolute atomic E-state index is 12.4. The fraction of sp³-hybridized carbons (Fsp3) is 0.211. The number of imidazole rings is 1. The molecule has 6 nitrogen and oxygen atoms in total. The highest BCUT2D eigenvalue weighted by Gasteiger charge is 2.14. The van der Waals surface area contributed by atoms with E-state index < -0.39 is 11.1 Å². The molecular weight excluding hydrogens is 352 g/mol. The van der Waals surface area contributed by atoms with Crippen LogP contribution in [0.15, 0.2) is 46.0 Å². The number of nitrogens with zero attached hydrogens (tertiary/aromatic N) is 3. The molecule has 0 spiro atoms. The summed E-state index contributed by atoms with van der Waals surface area (Å²) in [6.07, 6.45) is 0. The molecule has 1 N–H and O–H groups in total. The summed E-state index contributed by atoms with van der Waals surface area (Å²) in [5.74, 6) is 0.711. The molecular formula is C19H17ClN4O2. The molecule has 7 heteroatoms. The maximum Gasteiger partial charge on any atom is 0.316 e. The van der Waals surface area contributed by atoms with Crippen molar-refractivity contribution in [2.24, 2.45) is 0 Å². The third-order valence-corrected chi connectivity index (χ3v) is 4.84. The first kappa shape index (κ1) is 16.6. The molecule has 0 radical (unpaired) electrons. The molecule has 0 amide bonds. The quantitative estimate of drug-likeness (QED) is 0.563. The van der Waals surface area contributed by atoms with Crippen LogP contribution in [0.3, 0.4) is 0 Å². The highest BCUT2D eigenvalue weighted by molar-refractivity contribution is 6.30. The van der Waals surface area contributed by atoms with Gasteiger partial charge in [0.15, 0.2) is 0 Å². The Balaban J connectivity index is 2.05. The van der Waals surface area contributed by atoms with Crippen LogP contribution >= 0.6 is 11.6 Å². The Morgan fingerprint density at radius 3 is 2.12 bits per heavy atom. The summed E-state index contributed by atoms with van der Waals surface area (Å²) in [6, 6.07) is 11.1. The van der Waals surface area contributed by atoms with Crippen LogP contribution in [0.4, 0.5) is 0 Å². The Morgan fingerprint density at radius 2 is 1.54 bits per heavy atom. The van der Waals surface area contributed by atoms with Gasteiger partial charge >= 0.3 is 11.1 Å². The smallest absolute Gasteiger partial charge is 0.316 e. The number of H-pyrrole nitrogens is 1. The van der Waals surface area contributed by atoms with E-state index in [0.717, 1.165) is 22.1 Å². The summed E-state index contributed by atoms with van der Waals surface area (Å²) in [6.45, 7) is 4.56. The zero-order valence-electron chi connectivity index (χ0n) is 14.4. The van der Waals surface area contributed by atoms with E-state index in [0.29, 0.717) is 29.5 Å². The fourth-order valence-electron chi connectivity index (χ4n) is 3.29. The summed E-state index contributed by atoms with van der Waals surface area (Å²) >= 11 is 5.95. The highest BCUT2D eigenvalue weighted by Crippen LogP contribution is 2.25. The number of rotatable bonds is 3. The van der Waals surface area contributed by atoms with E-state index in [1.807, 2.05) is 50.2 Å². The van der Waals surface area contributed by atoms with Crippen LogP contribution < -0.4 is 11.1 Å². The number of aromatic nitrogens is 4. The normalized spacial score (nSPS) is 11.5. The Bertz CT molecular complexity index is 1170. The molecule has 0 bridgehead atoms. The van der Waals surface area contributed by atoms with E-state index in [9.17, 15) is 9.59 Å². The van der Waals surface area contributed by atoms with Crippen molar-refractivity contribution in [2.75, 3.05) is 0 Å². The van der Waals surface area contributed by atoms with Crippen LogP contribution in [0.2, 0.25) is 5.02 Å². The molecule has 0 atom stereocenters. The Labute approximate surface area is 153 Å². The second-order valence-corrected chi connectivity index (χ2v) is 6.49. The van der Waals surface area contributed by atoms with E-state index in [1.165, 1.54) is 9.13 Å². The minimum Gasteiger partial charge on any atom is -0.338 e. The molecule has 0 fully saturated rings. The number of hydrogen-bond donors (Lipinski definition) is 1. The topological polar surface area (TPSA) is 72.7 Å². The van der Waals surface area contributed by atoms with E-state index >= 15 is 0 Å². The number of hydrogen-bond acceptors (Lipinski definition) is 3. The number of aromatic amines is 1. The number of benzene rings is 2. The van der Waals surface area contributed by atoms with Gasteiger partial charge in [0.1, 0.15) is 5.82 Å². The highest BCUT2D eigenvalue weighted by atomic mass is 35.5. The molecule has 26 heavy (non-hydrogen) atoms. The monoisotopic (exact) mass is 368 g/mol. The van der Waals surface area contributed by atoms with Gasteiger partial charge in [0.05, 0.1) is 22.1 Å². The zero-order valence-corrected chi connectivity index (χ0v) is 15.2. The average molecular weight is 369 g/mol. The molecule has 0 unspecified atom stereocenters. The molecule has 2 heterocycles. The summed E-state index contributed by atoms with van der Waals surface area (Å²) in [4.78, 5) is 32.7. The predicted octanol–water partition coefficient (Wildman–Crippen LogP) is 3.40. The van der Waals surface area contributed by atoms with Crippen LogP contribution in [-0.4, -0.2) is 19.1 Å². The van der Waals surface area contributed by atoms with Crippen LogP contribution in [0.5, 0.6) is 0 Å². The number of fused-ring (bicyclic) bond motifs is 2. The summed E-state index contributed by atoms with van der Waals surface area (Å²) < 4.78 is 3.01. The molecule has 4 aromatic rings. The van der Waals surface area contributed by atoms with E-state index in [2.05, 4.69) is 9.97 Å². The van der Waals surface area contributed by atoms with Gasteiger partial charge < -0.3 is 14.1 Å². The lowest BCUT2D eigenvalue weighted by atomic mass is 10.2. The molecule has 2 aromatic carbocycles. The molecule has 0 saturated carbocycles. The second kappa shape index (κ2) is 6.14. The molecule has 0 saturated heterocycles. The Kier molecular flexibility index (Phi) is 3.92. The fourth-order valence-corrected chi connectivity index (χ4v) is 3.41. The van der Waals surface area contributed by atoms with Crippen molar-refractivity contribution in [1.29, 1.82) is 0 Å². The van der Waals surface area contributed by atoms with Crippen molar-refractivity contribution in [1.82, 2.24) is 19.1 Å². The van der Waals surface area contributed by atoms with Crippen molar-refractivity contribution in [2.45, 2.75) is 26.9 Å². The summed E-state index contributed by atoms with van der Waals surface area (Å²) in [5.41, 5.74) is 2.89. The van der Waals surface area contributed by atoms with Crippen molar-refractivity contribution >= 4 is 33.7 Å². The first-order chi connectivity index (χ1) is 12.5. The van der Waals surface area contributed by atoms with Gasteiger partial charge in [-0.25, -0.2) is 4.98 Å². The number of nitrogens with one attached hydrogen (secondary N) is 1. The lowest BCUT2D eigenvalue weighted by Gasteiger charge is -2.12. The van der Waals surface area contributed by atoms with Gasteiger partial charge in [-0.2, -0.15) is 0 Å². The lowest BCUT2D eigenvalue weighted by molar-refractivity contribution is 0.683. The van der Waals surface area contributed by atoms with E-state index in [4.69, 9.17) is 11.6 Å². The van der Waals surface area contributed by atoms with Crippen molar-refractivity contribution in [3.8, 4) is 11.4 Å². The van der Waals surface area contributed by atoms with Gasteiger partial charge in [-0.3, -0.25) is 9.59 Å². The molecule has 0 aliphatic carbocycles. The minimum atomic E-state index is -0.505. The summed E-state index contributed by atoms with van der Waals surface area (Å²) in [5, 5.41) is 0.662. The Morgan fingerprint density at radius 1 is 0.962 bits per heavy atom. The van der Waals surface area contributed by atoms with Gasteiger partial charge in [0.25, 0.3) is 0 Å². The first-order valence-corrected chi connectivity index (χ1v) is 8.84. The van der Waals surface area contributed by atoms with Crippen molar-refractivity contribution in [3.63, 3.8) is 0 Å².